The van der Waals surface area contributed by atoms with E-state index in [9.17, 15) is 4.79 Å². The van der Waals surface area contributed by atoms with Crippen molar-refractivity contribution in [2.45, 2.75) is 63.8 Å². The van der Waals surface area contributed by atoms with Crippen molar-refractivity contribution in [1.29, 1.82) is 0 Å². The Balaban J connectivity index is 1.80. The Hall–Kier alpha value is -0.570. The minimum atomic E-state index is 0.251. The topological polar surface area (TPSA) is 40.5 Å². The SMILES string of the molecule is O=C(CC1CCCC1)N1CCCC1CCCO. The zero-order chi connectivity index (χ0) is 12.1. The molecule has 17 heavy (non-hydrogen) atoms. The molecule has 0 radical (unpaired) electrons. The van der Waals surface area contributed by atoms with E-state index >= 15 is 0 Å². The number of amides is 1. The van der Waals surface area contributed by atoms with Crippen LogP contribution in [0.1, 0.15) is 57.8 Å². The van der Waals surface area contributed by atoms with E-state index < -0.39 is 0 Å². The van der Waals surface area contributed by atoms with Crippen LogP contribution in [-0.4, -0.2) is 35.1 Å². The number of aliphatic hydroxyl groups excluding tert-OH is 1. The van der Waals surface area contributed by atoms with Gasteiger partial charge in [-0.2, -0.15) is 0 Å². The molecule has 1 atom stereocenters. The summed E-state index contributed by atoms with van der Waals surface area (Å²) in [5.41, 5.74) is 0. The van der Waals surface area contributed by atoms with Gasteiger partial charge < -0.3 is 10.0 Å². The Bertz CT molecular complexity index is 249. The summed E-state index contributed by atoms with van der Waals surface area (Å²) in [7, 11) is 0. The smallest absolute Gasteiger partial charge is 0.223 e. The van der Waals surface area contributed by atoms with Gasteiger partial charge in [0.1, 0.15) is 0 Å². The lowest BCUT2D eigenvalue weighted by Crippen LogP contribution is -2.36. The second-order valence-corrected chi connectivity index (χ2v) is 5.60. The normalized spacial score (nSPS) is 25.7. The van der Waals surface area contributed by atoms with Crippen LogP contribution in [0.5, 0.6) is 0 Å². The number of rotatable bonds is 5. The van der Waals surface area contributed by atoms with E-state index in [4.69, 9.17) is 5.11 Å². The molecule has 0 spiro atoms. The van der Waals surface area contributed by atoms with E-state index in [1.807, 2.05) is 0 Å². The van der Waals surface area contributed by atoms with Gasteiger partial charge in [0.2, 0.25) is 5.91 Å². The predicted molar refractivity (Wildman–Crippen MR) is 67.6 cm³/mol. The maximum atomic E-state index is 12.2. The van der Waals surface area contributed by atoms with Crippen molar-refractivity contribution in [1.82, 2.24) is 4.90 Å². The van der Waals surface area contributed by atoms with E-state index in [1.54, 1.807) is 0 Å². The summed E-state index contributed by atoms with van der Waals surface area (Å²) >= 11 is 0. The molecule has 2 fully saturated rings. The highest BCUT2D eigenvalue weighted by Gasteiger charge is 2.30. The summed E-state index contributed by atoms with van der Waals surface area (Å²) in [5.74, 6) is 1.03. The molecular weight excluding hydrogens is 214 g/mol. The van der Waals surface area contributed by atoms with Crippen LogP contribution in [0.3, 0.4) is 0 Å². The summed E-state index contributed by atoms with van der Waals surface area (Å²) in [5, 5.41) is 8.88. The molecule has 0 bridgehead atoms. The number of aliphatic hydroxyl groups is 1. The van der Waals surface area contributed by atoms with Gasteiger partial charge in [-0.1, -0.05) is 12.8 Å². The maximum absolute atomic E-state index is 12.2. The quantitative estimate of drug-likeness (QED) is 0.800. The molecule has 2 rings (SSSR count). The minimum absolute atomic E-state index is 0.251. The molecule has 1 aliphatic carbocycles. The van der Waals surface area contributed by atoms with Crippen LogP contribution in [0.2, 0.25) is 0 Å². The van der Waals surface area contributed by atoms with Crippen LogP contribution in [0, 0.1) is 5.92 Å². The fraction of sp³-hybridized carbons (Fsp3) is 0.929. The van der Waals surface area contributed by atoms with Crippen molar-refractivity contribution < 1.29 is 9.90 Å². The lowest BCUT2D eigenvalue weighted by atomic mass is 10.0. The molecule has 98 valence electrons. The van der Waals surface area contributed by atoms with Crippen LogP contribution in [0.4, 0.5) is 0 Å². The van der Waals surface area contributed by atoms with Gasteiger partial charge in [0, 0.05) is 25.6 Å². The molecule has 3 heteroatoms. The van der Waals surface area contributed by atoms with Crippen LogP contribution in [0.15, 0.2) is 0 Å². The molecule has 1 unspecified atom stereocenters. The van der Waals surface area contributed by atoms with Crippen molar-refractivity contribution in [3.8, 4) is 0 Å². The first-order valence-electron chi connectivity index (χ1n) is 7.21. The summed E-state index contributed by atoms with van der Waals surface area (Å²) in [6, 6.07) is 0.413. The number of likely N-dealkylation sites (tertiary alicyclic amines) is 1. The Kier molecular flexibility index (Phi) is 4.84. The summed E-state index contributed by atoms with van der Waals surface area (Å²) < 4.78 is 0. The van der Waals surface area contributed by atoms with Gasteiger partial charge in [-0.3, -0.25) is 4.79 Å². The van der Waals surface area contributed by atoms with E-state index in [2.05, 4.69) is 4.90 Å². The van der Waals surface area contributed by atoms with E-state index in [0.717, 1.165) is 38.6 Å². The highest BCUT2D eigenvalue weighted by atomic mass is 16.3. The molecule has 3 nitrogen and oxygen atoms in total. The molecule has 1 heterocycles. The first-order valence-corrected chi connectivity index (χ1v) is 7.21. The Morgan fingerprint density at radius 3 is 2.65 bits per heavy atom. The van der Waals surface area contributed by atoms with Gasteiger partial charge in [-0.25, -0.2) is 0 Å². The molecule has 0 aromatic carbocycles. The number of hydrogen-bond donors (Lipinski definition) is 1. The van der Waals surface area contributed by atoms with Gasteiger partial charge in [0.15, 0.2) is 0 Å². The van der Waals surface area contributed by atoms with Gasteiger partial charge in [0.25, 0.3) is 0 Å². The molecule has 1 saturated heterocycles. The van der Waals surface area contributed by atoms with Crippen molar-refractivity contribution in [2.24, 2.45) is 5.92 Å². The van der Waals surface area contributed by atoms with E-state index in [0.29, 0.717) is 17.9 Å². The van der Waals surface area contributed by atoms with Crippen molar-refractivity contribution in [2.75, 3.05) is 13.2 Å². The van der Waals surface area contributed by atoms with Gasteiger partial charge in [-0.05, 0) is 44.4 Å². The standard InChI is InChI=1S/C14H25NO2/c16-10-4-8-13-7-3-9-15(13)14(17)11-12-5-1-2-6-12/h12-13,16H,1-11H2. The highest BCUT2D eigenvalue weighted by molar-refractivity contribution is 5.77. The number of carbonyl (C=O) groups is 1. The molecule has 0 aromatic heterocycles. The van der Waals surface area contributed by atoms with Crippen LogP contribution in [-0.2, 0) is 4.79 Å². The van der Waals surface area contributed by atoms with Crippen LogP contribution < -0.4 is 0 Å². The Labute approximate surface area is 104 Å². The van der Waals surface area contributed by atoms with Crippen molar-refractivity contribution >= 4 is 5.91 Å². The van der Waals surface area contributed by atoms with E-state index in [1.165, 1.54) is 25.7 Å². The van der Waals surface area contributed by atoms with Crippen molar-refractivity contribution in [3.05, 3.63) is 0 Å². The Morgan fingerprint density at radius 1 is 1.18 bits per heavy atom. The van der Waals surface area contributed by atoms with Gasteiger partial charge >= 0.3 is 0 Å². The maximum Gasteiger partial charge on any atom is 0.223 e. The molecule has 1 aliphatic heterocycles. The fourth-order valence-electron chi connectivity index (χ4n) is 3.37. The average Bonchev–Trinajstić information content (AvgIpc) is 2.96. The number of nitrogens with zero attached hydrogens (tertiary/aromatic N) is 1. The predicted octanol–water partition coefficient (Wildman–Crippen LogP) is 2.33. The molecule has 2 aliphatic rings. The third-order valence-corrected chi connectivity index (χ3v) is 4.33. The fourth-order valence-corrected chi connectivity index (χ4v) is 3.37. The highest BCUT2D eigenvalue weighted by Crippen LogP contribution is 2.30. The summed E-state index contributed by atoms with van der Waals surface area (Å²) in [4.78, 5) is 14.3. The number of carbonyl (C=O) groups excluding carboxylic acids is 1. The molecular formula is C14H25NO2. The zero-order valence-corrected chi connectivity index (χ0v) is 10.7. The zero-order valence-electron chi connectivity index (χ0n) is 10.7. The lowest BCUT2D eigenvalue weighted by Gasteiger charge is -2.25. The molecule has 1 amide bonds. The lowest BCUT2D eigenvalue weighted by molar-refractivity contribution is -0.133. The first kappa shape index (κ1) is 12.9. The van der Waals surface area contributed by atoms with E-state index in [-0.39, 0.29) is 6.61 Å². The minimum Gasteiger partial charge on any atom is -0.396 e. The molecule has 1 saturated carbocycles. The summed E-state index contributed by atoms with van der Waals surface area (Å²) in [6.07, 6.45) is 9.99. The number of hydrogen-bond acceptors (Lipinski definition) is 2. The third-order valence-electron chi connectivity index (χ3n) is 4.33. The van der Waals surface area contributed by atoms with Gasteiger partial charge in [-0.15, -0.1) is 0 Å². The second kappa shape index (κ2) is 6.39. The Morgan fingerprint density at radius 2 is 1.94 bits per heavy atom. The second-order valence-electron chi connectivity index (χ2n) is 5.60. The monoisotopic (exact) mass is 239 g/mol. The largest absolute Gasteiger partial charge is 0.396 e. The third kappa shape index (κ3) is 3.44. The first-order chi connectivity index (χ1) is 8.31. The molecule has 0 aromatic rings. The molecule has 1 N–H and O–H groups in total. The van der Waals surface area contributed by atoms with Crippen molar-refractivity contribution in [3.63, 3.8) is 0 Å². The van der Waals surface area contributed by atoms with Crippen LogP contribution >= 0.6 is 0 Å². The van der Waals surface area contributed by atoms with Gasteiger partial charge in [0.05, 0.1) is 0 Å². The average molecular weight is 239 g/mol. The van der Waals surface area contributed by atoms with Crippen LogP contribution in [0.25, 0.3) is 0 Å². The summed E-state index contributed by atoms with van der Waals surface area (Å²) in [6.45, 7) is 1.20.